The summed E-state index contributed by atoms with van der Waals surface area (Å²) in [5.74, 6) is -0.914. The van der Waals surface area contributed by atoms with Crippen LogP contribution in [-0.2, 0) is 9.63 Å². The first kappa shape index (κ1) is 18.2. The summed E-state index contributed by atoms with van der Waals surface area (Å²) in [5.41, 5.74) is 2.34. The van der Waals surface area contributed by atoms with Gasteiger partial charge in [-0.05, 0) is 13.3 Å². The van der Waals surface area contributed by atoms with Crippen LogP contribution in [0.1, 0.15) is 20.3 Å². The van der Waals surface area contributed by atoms with E-state index in [2.05, 4.69) is 5.48 Å². The molecule has 12 heavy (non-hydrogen) atoms. The molecular formula is C6H17N2NaO3. The molecule has 0 bridgehead atoms. The summed E-state index contributed by atoms with van der Waals surface area (Å²) < 4.78 is 0. The molecule has 0 spiro atoms. The van der Waals surface area contributed by atoms with Gasteiger partial charge >= 0.3 is 35.5 Å². The maximum absolute atomic E-state index is 9.93. The quantitative estimate of drug-likeness (QED) is 0.414. The Balaban J connectivity index is -0.000000405. The minimum absolute atomic E-state index is 0. The minimum atomic E-state index is -0.914. The Labute approximate surface area is 94.7 Å². The molecule has 5 N–H and O–H groups in total. The third-order valence-corrected chi connectivity index (χ3v) is 1.08. The molecule has 0 fully saturated rings. The van der Waals surface area contributed by atoms with Crippen molar-refractivity contribution in [3.63, 3.8) is 0 Å². The summed E-state index contributed by atoms with van der Waals surface area (Å²) >= 11 is 0. The van der Waals surface area contributed by atoms with E-state index in [1.807, 2.05) is 13.8 Å². The van der Waals surface area contributed by atoms with E-state index >= 15 is 0 Å². The fourth-order valence-electron chi connectivity index (χ4n) is 0.329. The van der Waals surface area contributed by atoms with Gasteiger partial charge in [-0.2, -0.15) is 5.48 Å². The first-order chi connectivity index (χ1) is 4.66. The Hall–Kier alpha value is 0.350. The van der Waals surface area contributed by atoms with Crippen molar-refractivity contribution in [3.8, 4) is 0 Å². The van der Waals surface area contributed by atoms with Gasteiger partial charge in [0.1, 0.15) is 6.54 Å². The summed E-state index contributed by atoms with van der Waals surface area (Å²) in [7, 11) is 0. The number of rotatable bonds is 5. The molecular weight excluding hydrogens is 171 g/mol. The van der Waals surface area contributed by atoms with E-state index in [1.54, 1.807) is 0 Å². The predicted octanol–water partition coefficient (Wildman–Crippen LogP) is -0.0958. The number of carbonyl (C=O) groups is 1. The summed E-state index contributed by atoms with van der Waals surface area (Å²) in [6.45, 7) is 3.69. The Morgan fingerprint density at radius 2 is 2.17 bits per heavy atom. The number of aliphatic carboxylic acids is 1. The molecule has 0 aromatic rings. The van der Waals surface area contributed by atoms with Crippen molar-refractivity contribution in [1.82, 2.24) is 11.6 Å². The molecule has 0 aliphatic rings. The Morgan fingerprint density at radius 3 is 2.50 bits per heavy atom. The van der Waals surface area contributed by atoms with Crippen LogP contribution in [0.2, 0.25) is 0 Å². The van der Waals surface area contributed by atoms with Crippen LogP contribution in [0.5, 0.6) is 0 Å². The van der Waals surface area contributed by atoms with Gasteiger partial charge in [0, 0.05) is 0 Å². The number of carboxylic acids is 1. The summed E-state index contributed by atoms with van der Waals surface area (Å²) in [4.78, 5) is 14.8. The first-order valence-electron chi connectivity index (χ1n) is 3.27. The van der Waals surface area contributed by atoms with Crippen LogP contribution >= 0.6 is 0 Å². The van der Waals surface area contributed by atoms with Gasteiger partial charge in [-0.15, -0.1) is 0 Å². The van der Waals surface area contributed by atoms with Crippen LogP contribution in [0.15, 0.2) is 0 Å². The van der Waals surface area contributed by atoms with Gasteiger partial charge in [-0.1, -0.05) is 6.92 Å². The molecule has 70 valence electrons. The van der Waals surface area contributed by atoms with E-state index in [-0.39, 0.29) is 48.4 Å². The monoisotopic (exact) mass is 188 g/mol. The fraction of sp³-hybridized carbons (Fsp3) is 0.833. The van der Waals surface area contributed by atoms with Crippen LogP contribution in [0.4, 0.5) is 0 Å². The standard InChI is InChI=1S/C6H13NO3.H3N.Na.H/c1-3-5(2)10-7-4-6(8)9;;;/h5,7H,3-4H2,1-2H3,(H,8,9);1H3;;. The van der Waals surface area contributed by atoms with Crippen molar-refractivity contribution in [2.24, 2.45) is 0 Å². The van der Waals surface area contributed by atoms with Gasteiger partial charge in [-0.25, -0.2) is 0 Å². The second-order valence-electron chi connectivity index (χ2n) is 2.05. The van der Waals surface area contributed by atoms with Gasteiger partial charge in [-0.3, -0.25) is 9.63 Å². The molecule has 0 aromatic carbocycles. The molecule has 0 radical (unpaired) electrons. The predicted molar refractivity (Wildman–Crippen MR) is 48.6 cm³/mol. The Kier molecular flexibility index (Phi) is 17.2. The molecule has 6 heteroatoms. The zero-order chi connectivity index (χ0) is 7.98. The average molecular weight is 188 g/mol. The number of nitrogens with one attached hydrogen (secondary N) is 1. The number of carboxylic acid groups (broad SMARTS) is 1. The summed E-state index contributed by atoms with van der Waals surface area (Å²) in [6.07, 6.45) is 0.937. The Bertz CT molecular complexity index is 113. The van der Waals surface area contributed by atoms with Crippen LogP contribution in [-0.4, -0.2) is 53.3 Å². The molecule has 0 saturated heterocycles. The fourth-order valence-corrected chi connectivity index (χ4v) is 0.329. The zero-order valence-electron chi connectivity index (χ0n) is 6.96. The third-order valence-electron chi connectivity index (χ3n) is 1.08. The van der Waals surface area contributed by atoms with Crippen LogP contribution in [0.25, 0.3) is 0 Å². The topological polar surface area (TPSA) is 93.6 Å². The van der Waals surface area contributed by atoms with Crippen molar-refractivity contribution in [2.45, 2.75) is 26.4 Å². The van der Waals surface area contributed by atoms with Gasteiger partial charge in [0.05, 0.1) is 6.10 Å². The molecule has 0 rings (SSSR count). The van der Waals surface area contributed by atoms with Crippen molar-refractivity contribution < 1.29 is 14.7 Å². The molecule has 0 heterocycles. The number of hydroxylamine groups is 1. The SMILES string of the molecule is CCC(C)ONCC(=O)O.N.[NaH]. The number of hydrogen-bond donors (Lipinski definition) is 3. The van der Waals surface area contributed by atoms with Gasteiger partial charge in [0.2, 0.25) is 0 Å². The van der Waals surface area contributed by atoms with E-state index in [1.165, 1.54) is 0 Å². The first-order valence-corrected chi connectivity index (χ1v) is 3.27. The summed E-state index contributed by atoms with van der Waals surface area (Å²) in [6, 6.07) is 0. The van der Waals surface area contributed by atoms with Crippen molar-refractivity contribution in [3.05, 3.63) is 0 Å². The maximum atomic E-state index is 9.93. The van der Waals surface area contributed by atoms with Crippen LogP contribution in [0, 0.1) is 0 Å². The molecule has 0 aliphatic carbocycles. The number of hydrogen-bond acceptors (Lipinski definition) is 4. The van der Waals surface area contributed by atoms with E-state index in [0.717, 1.165) is 6.42 Å². The van der Waals surface area contributed by atoms with Crippen molar-refractivity contribution in [2.75, 3.05) is 6.54 Å². The van der Waals surface area contributed by atoms with Gasteiger partial charge in [0.25, 0.3) is 0 Å². The molecule has 0 amide bonds. The molecule has 0 saturated carbocycles. The van der Waals surface area contributed by atoms with Gasteiger partial charge in [0.15, 0.2) is 0 Å². The molecule has 1 atom stereocenters. The zero-order valence-corrected chi connectivity index (χ0v) is 6.96. The third kappa shape index (κ3) is 13.0. The normalized spacial score (nSPS) is 10.8. The second-order valence-corrected chi connectivity index (χ2v) is 2.05. The molecule has 5 nitrogen and oxygen atoms in total. The molecule has 1 unspecified atom stereocenters. The van der Waals surface area contributed by atoms with E-state index in [9.17, 15) is 4.79 Å². The van der Waals surface area contributed by atoms with Crippen LogP contribution < -0.4 is 11.6 Å². The summed E-state index contributed by atoms with van der Waals surface area (Å²) in [5, 5.41) is 8.16. The van der Waals surface area contributed by atoms with Crippen molar-refractivity contribution >= 4 is 35.5 Å². The van der Waals surface area contributed by atoms with E-state index in [0.29, 0.717) is 0 Å². The van der Waals surface area contributed by atoms with Crippen molar-refractivity contribution in [1.29, 1.82) is 0 Å². The van der Waals surface area contributed by atoms with Crippen LogP contribution in [0.3, 0.4) is 0 Å². The van der Waals surface area contributed by atoms with E-state index in [4.69, 9.17) is 9.94 Å². The molecule has 0 aromatic heterocycles. The molecule has 0 aliphatic heterocycles. The van der Waals surface area contributed by atoms with Gasteiger partial charge < -0.3 is 11.3 Å². The second kappa shape index (κ2) is 11.4. The average Bonchev–Trinajstić information content (AvgIpc) is 1.87. The Morgan fingerprint density at radius 1 is 1.67 bits per heavy atom. The van der Waals surface area contributed by atoms with E-state index < -0.39 is 5.97 Å².